The Bertz CT molecular complexity index is 841. The first-order valence-electron chi connectivity index (χ1n) is 7.90. The molecule has 3 heterocycles. The molecule has 0 saturated carbocycles. The van der Waals surface area contributed by atoms with Crippen LogP contribution >= 0.6 is 0 Å². The van der Waals surface area contributed by atoms with E-state index in [4.69, 9.17) is 9.26 Å². The normalized spacial score (nSPS) is 15.8. The van der Waals surface area contributed by atoms with Crippen molar-refractivity contribution in [3.05, 3.63) is 42.1 Å². The second kappa shape index (κ2) is 6.07. The third kappa shape index (κ3) is 2.66. The van der Waals surface area contributed by atoms with Crippen LogP contribution in [-0.4, -0.2) is 35.3 Å². The van der Waals surface area contributed by atoms with Gasteiger partial charge in [0, 0.05) is 30.5 Å². The van der Waals surface area contributed by atoms with Crippen molar-refractivity contribution in [1.82, 2.24) is 15.1 Å². The zero-order valence-corrected chi connectivity index (χ0v) is 13.3. The molecule has 0 radical (unpaired) electrons. The van der Waals surface area contributed by atoms with Gasteiger partial charge in [-0.25, -0.2) is 14.4 Å². The summed E-state index contributed by atoms with van der Waals surface area (Å²) in [6.45, 7) is 1.68. The lowest BCUT2D eigenvalue weighted by atomic mass is 9.92. The summed E-state index contributed by atoms with van der Waals surface area (Å²) in [6.07, 6.45) is 5.20. The Morgan fingerprint density at radius 3 is 2.67 bits per heavy atom. The number of fused-ring (bicyclic) bond motifs is 1. The molecule has 1 fully saturated rings. The van der Waals surface area contributed by atoms with E-state index in [9.17, 15) is 4.39 Å². The number of hydrogen-bond donors (Lipinski definition) is 0. The summed E-state index contributed by atoms with van der Waals surface area (Å²) in [5.74, 6) is 1.35. The monoisotopic (exact) mass is 328 g/mol. The van der Waals surface area contributed by atoms with E-state index in [1.165, 1.54) is 12.1 Å². The van der Waals surface area contributed by atoms with E-state index < -0.39 is 0 Å². The molecule has 3 aromatic rings. The SMILES string of the molecule is COc1cnc(N2CCC(c3noc4cc(F)ccc34)CC2)nc1. The lowest BCUT2D eigenvalue weighted by molar-refractivity contribution is 0.408. The number of hydrogen-bond acceptors (Lipinski definition) is 6. The highest BCUT2D eigenvalue weighted by molar-refractivity contribution is 5.79. The highest BCUT2D eigenvalue weighted by Gasteiger charge is 2.26. The molecule has 2 aromatic heterocycles. The summed E-state index contributed by atoms with van der Waals surface area (Å²) in [5, 5.41) is 5.07. The Hall–Kier alpha value is -2.70. The quantitative estimate of drug-likeness (QED) is 0.736. The molecule has 6 nitrogen and oxygen atoms in total. The topological polar surface area (TPSA) is 64.3 Å². The summed E-state index contributed by atoms with van der Waals surface area (Å²) in [4.78, 5) is 10.8. The molecule has 0 N–H and O–H groups in total. The molecule has 1 saturated heterocycles. The molecule has 0 amide bonds. The third-order valence-electron chi connectivity index (χ3n) is 4.48. The van der Waals surface area contributed by atoms with Gasteiger partial charge in [0.05, 0.1) is 25.2 Å². The van der Waals surface area contributed by atoms with Crippen LogP contribution in [0.25, 0.3) is 11.0 Å². The van der Waals surface area contributed by atoms with Crippen LogP contribution in [-0.2, 0) is 0 Å². The number of piperidine rings is 1. The van der Waals surface area contributed by atoms with Crippen molar-refractivity contribution in [3.63, 3.8) is 0 Å². The van der Waals surface area contributed by atoms with Crippen molar-refractivity contribution in [2.24, 2.45) is 0 Å². The Labute approximate surface area is 138 Å². The van der Waals surface area contributed by atoms with Gasteiger partial charge in [-0.1, -0.05) is 5.16 Å². The fourth-order valence-electron chi connectivity index (χ4n) is 3.16. The minimum atomic E-state index is -0.309. The van der Waals surface area contributed by atoms with Crippen LogP contribution in [0.15, 0.2) is 35.1 Å². The summed E-state index contributed by atoms with van der Waals surface area (Å²) in [7, 11) is 1.60. The van der Waals surface area contributed by atoms with E-state index >= 15 is 0 Å². The molecule has 4 rings (SSSR count). The molecule has 7 heteroatoms. The highest BCUT2D eigenvalue weighted by atomic mass is 19.1. The van der Waals surface area contributed by atoms with E-state index in [2.05, 4.69) is 20.0 Å². The first kappa shape index (κ1) is 14.9. The summed E-state index contributed by atoms with van der Waals surface area (Å²) < 4.78 is 23.6. The maximum absolute atomic E-state index is 13.3. The minimum Gasteiger partial charge on any atom is -0.494 e. The van der Waals surface area contributed by atoms with Gasteiger partial charge in [-0.15, -0.1) is 0 Å². The van der Waals surface area contributed by atoms with Crippen molar-refractivity contribution < 1.29 is 13.7 Å². The Morgan fingerprint density at radius 1 is 1.21 bits per heavy atom. The summed E-state index contributed by atoms with van der Waals surface area (Å²) >= 11 is 0. The maximum atomic E-state index is 13.3. The second-order valence-corrected chi connectivity index (χ2v) is 5.89. The smallest absolute Gasteiger partial charge is 0.225 e. The molecule has 1 aromatic carbocycles. The Balaban J connectivity index is 1.48. The number of aromatic nitrogens is 3. The van der Waals surface area contributed by atoms with Gasteiger partial charge in [0.2, 0.25) is 5.95 Å². The average Bonchev–Trinajstić information content (AvgIpc) is 3.05. The van der Waals surface area contributed by atoms with Crippen molar-refractivity contribution in [3.8, 4) is 5.75 Å². The van der Waals surface area contributed by atoms with Crippen LogP contribution < -0.4 is 9.64 Å². The van der Waals surface area contributed by atoms with E-state index in [0.717, 1.165) is 37.0 Å². The number of methoxy groups -OCH3 is 1. The van der Waals surface area contributed by atoms with Gasteiger partial charge in [-0.3, -0.25) is 0 Å². The molecule has 1 aliphatic heterocycles. The zero-order chi connectivity index (χ0) is 16.5. The van der Waals surface area contributed by atoms with Crippen LogP contribution in [0.2, 0.25) is 0 Å². The van der Waals surface area contributed by atoms with Crippen molar-refractivity contribution >= 4 is 16.9 Å². The van der Waals surface area contributed by atoms with Gasteiger partial charge in [-0.2, -0.15) is 0 Å². The maximum Gasteiger partial charge on any atom is 0.225 e. The van der Waals surface area contributed by atoms with Crippen LogP contribution in [0.5, 0.6) is 5.75 Å². The molecule has 0 atom stereocenters. The largest absolute Gasteiger partial charge is 0.494 e. The number of halogens is 1. The van der Waals surface area contributed by atoms with Gasteiger partial charge in [0.25, 0.3) is 0 Å². The van der Waals surface area contributed by atoms with Crippen LogP contribution in [0.1, 0.15) is 24.5 Å². The number of anilines is 1. The van der Waals surface area contributed by atoms with Crippen molar-refractivity contribution in [1.29, 1.82) is 0 Å². The molecule has 0 spiro atoms. The first-order chi connectivity index (χ1) is 11.7. The van der Waals surface area contributed by atoms with E-state index in [-0.39, 0.29) is 5.82 Å². The summed E-state index contributed by atoms with van der Waals surface area (Å²) in [6, 6.07) is 4.57. The number of ether oxygens (including phenoxy) is 1. The van der Waals surface area contributed by atoms with Crippen LogP contribution in [0, 0.1) is 5.82 Å². The molecule has 0 bridgehead atoms. The van der Waals surface area contributed by atoms with Gasteiger partial charge < -0.3 is 14.2 Å². The number of rotatable bonds is 3. The van der Waals surface area contributed by atoms with E-state index in [1.54, 1.807) is 25.6 Å². The molecular weight excluding hydrogens is 311 g/mol. The molecule has 1 aliphatic rings. The standard InChI is InChI=1S/C17H17FN4O2/c1-23-13-9-19-17(20-10-13)22-6-4-11(5-7-22)16-14-3-2-12(18)8-15(14)24-21-16/h2-3,8-11H,4-7H2,1H3. The fourth-order valence-corrected chi connectivity index (χ4v) is 3.16. The lowest BCUT2D eigenvalue weighted by Gasteiger charge is -2.31. The number of nitrogens with zero attached hydrogens (tertiary/aromatic N) is 4. The minimum absolute atomic E-state index is 0.297. The number of benzene rings is 1. The van der Waals surface area contributed by atoms with Crippen molar-refractivity contribution in [2.75, 3.05) is 25.1 Å². The second-order valence-electron chi connectivity index (χ2n) is 5.89. The predicted octanol–water partition coefficient (Wildman–Crippen LogP) is 3.15. The van der Waals surface area contributed by atoms with Crippen LogP contribution in [0.3, 0.4) is 0 Å². The third-order valence-corrected chi connectivity index (χ3v) is 4.48. The zero-order valence-electron chi connectivity index (χ0n) is 13.3. The molecule has 24 heavy (non-hydrogen) atoms. The Morgan fingerprint density at radius 2 is 1.96 bits per heavy atom. The van der Waals surface area contributed by atoms with Gasteiger partial charge >= 0.3 is 0 Å². The molecular formula is C17H17FN4O2. The van der Waals surface area contributed by atoms with E-state index in [1.807, 2.05) is 0 Å². The molecule has 0 aliphatic carbocycles. The van der Waals surface area contributed by atoms with Gasteiger partial charge in [0.15, 0.2) is 11.3 Å². The molecule has 124 valence electrons. The van der Waals surface area contributed by atoms with Crippen molar-refractivity contribution in [2.45, 2.75) is 18.8 Å². The van der Waals surface area contributed by atoms with Crippen LogP contribution in [0.4, 0.5) is 10.3 Å². The fraction of sp³-hybridized carbons (Fsp3) is 0.353. The lowest BCUT2D eigenvalue weighted by Crippen LogP contribution is -2.34. The summed E-state index contributed by atoms with van der Waals surface area (Å²) in [5.41, 5.74) is 1.42. The predicted molar refractivity (Wildman–Crippen MR) is 86.7 cm³/mol. The average molecular weight is 328 g/mol. The van der Waals surface area contributed by atoms with Gasteiger partial charge in [0.1, 0.15) is 5.82 Å². The highest BCUT2D eigenvalue weighted by Crippen LogP contribution is 2.33. The van der Waals surface area contributed by atoms with Gasteiger partial charge in [-0.05, 0) is 25.0 Å². The Kier molecular flexibility index (Phi) is 3.76. The first-order valence-corrected chi connectivity index (χ1v) is 7.90. The molecule has 0 unspecified atom stereocenters. The van der Waals surface area contributed by atoms with E-state index in [0.29, 0.717) is 23.2 Å².